The molecule has 106 valence electrons. The minimum atomic E-state index is -2.97. The molecule has 1 rings (SSSR count). The normalized spacial score (nSPS) is 10.4. The summed E-state index contributed by atoms with van der Waals surface area (Å²) in [5, 5.41) is 2.50. The van der Waals surface area contributed by atoms with Crippen LogP contribution in [0.1, 0.15) is 6.92 Å². The van der Waals surface area contributed by atoms with Crippen LogP contribution in [0, 0.1) is 0 Å². The number of halogens is 2. The predicted octanol–water partition coefficient (Wildman–Crippen LogP) is 2.27. The first-order valence-corrected chi connectivity index (χ1v) is 5.57. The van der Waals surface area contributed by atoms with Gasteiger partial charge in [0, 0.05) is 18.4 Å². The molecular formula is C12H15F2NO4. The van der Waals surface area contributed by atoms with Crippen LogP contribution in [0.5, 0.6) is 11.5 Å². The van der Waals surface area contributed by atoms with Crippen LogP contribution in [-0.2, 0) is 9.53 Å². The summed E-state index contributed by atoms with van der Waals surface area (Å²) in [7, 11) is 1.33. The van der Waals surface area contributed by atoms with Gasteiger partial charge in [0.1, 0.15) is 6.61 Å². The summed E-state index contributed by atoms with van der Waals surface area (Å²) in [6.07, 6.45) is 0. The van der Waals surface area contributed by atoms with Crippen LogP contribution in [0.3, 0.4) is 0 Å². The third-order valence-electron chi connectivity index (χ3n) is 2.10. The van der Waals surface area contributed by atoms with Crippen molar-refractivity contribution in [1.82, 2.24) is 0 Å². The second kappa shape index (κ2) is 7.52. The summed E-state index contributed by atoms with van der Waals surface area (Å²) in [4.78, 5) is 11.4. The van der Waals surface area contributed by atoms with Gasteiger partial charge in [-0.3, -0.25) is 4.79 Å². The van der Waals surface area contributed by atoms with Gasteiger partial charge in [-0.15, -0.1) is 0 Å². The molecule has 1 amide bonds. The maximum atomic E-state index is 12.2. The maximum Gasteiger partial charge on any atom is 0.387 e. The highest BCUT2D eigenvalue weighted by atomic mass is 19.3. The zero-order valence-electron chi connectivity index (χ0n) is 10.6. The van der Waals surface area contributed by atoms with Gasteiger partial charge in [-0.05, 0) is 19.1 Å². The average Bonchev–Trinajstić information content (AvgIpc) is 2.36. The summed E-state index contributed by atoms with van der Waals surface area (Å²) >= 11 is 0. The molecule has 0 radical (unpaired) electrons. The van der Waals surface area contributed by atoms with Gasteiger partial charge >= 0.3 is 6.61 Å². The molecule has 5 nitrogen and oxygen atoms in total. The average molecular weight is 275 g/mol. The van der Waals surface area contributed by atoms with Gasteiger partial charge in [-0.1, -0.05) is 0 Å². The van der Waals surface area contributed by atoms with E-state index in [-0.39, 0.29) is 24.0 Å². The fourth-order valence-corrected chi connectivity index (χ4v) is 1.33. The molecule has 0 saturated heterocycles. The van der Waals surface area contributed by atoms with E-state index >= 15 is 0 Å². The van der Waals surface area contributed by atoms with Crippen LogP contribution in [0.25, 0.3) is 0 Å². The molecule has 0 atom stereocenters. The maximum absolute atomic E-state index is 12.2. The lowest BCUT2D eigenvalue weighted by atomic mass is 10.2. The van der Waals surface area contributed by atoms with Crippen LogP contribution in [-0.4, -0.2) is 32.8 Å². The van der Waals surface area contributed by atoms with Gasteiger partial charge < -0.3 is 19.5 Å². The van der Waals surface area contributed by atoms with Crippen LogP contribution < -0.4 is 14.8 Å². The molecule has 0 aromatic heterocycles. The summed E-state index contributed by atoms with van der Waals surface area (Å²) in [5.41, 5.74) is 0.321. The van der Waals surface area contributed by atoms with Gasteiger partial charge in [0.05, 0.1) is 7.11 Å². The minimum absolute atomic E-state index is 0.104. The zero-order valence-corrected chi connectivity index (χ0v) is 10.6. The van der Waals surface area contributed by atoms with Crippen molar-refractivity contribution in [2.75, 3.05) is 25.6 Å². The first kappa shape index (κ1) is 15.2. The molecule has 0 aliphatic rings. The largest absolute Gasteiger partial charge is 0.493 e. The van der Waals surface area contributed by atoms with E-state index in [9.17, 15) is 13.6 Å². The summed E-state index contributed by atoms with van der Waals surface area (Å²) in [5.74, 6) is -0.371. The Morgan fingerprint density at radius 3 is 2.68 bits per heavy atom. The molecule has 1 N–H and O–H groups in total. The Bertz CT molecular complexity index is 426. The van der Waals surface area contributed by atoms with E-state index in [0.29, 0.717) is 12.3 Å². The lowest BCUT2D eigenvalue weighted by Gasteiger charge is -2.12. The van der Waals surface area contributed by atoms with Crippen molar-refractivity contribution in [2.45, 2.75) is 13.5 Å². The van der Waals surface area contributed by atoms with E-state index in [0.717, 1.165) is 0 Å². The summed E-state index contributed by atoms with van der Waals surface area (Å²) < 4.78 is 38.5. The predicted molar refractivity (Wildman–Crippen MR) is 64.7 cm³/mol. The van der Waals surface area contributed by atoms with Crippen LogP contribution in [0.15, 0.2) is 18.2 Å². The van der Waals surface area contributed by atoms with Crippen LogP contribution in [0.4, 0.5) is 14.5 Å². The Balaban J connectivity index is 2.77. The molecule has 19 heavy (non-hydrogen) atoms. The van der Waals surface area contributed by atoms with E-state index in [2.05, 4.69) is 10.1 Å². The lowest BCUT2D eigenvalue weighted by Crippen LogP contribution is -2.18. The SMILES string of the molecule is CCOCC(=O)Nc1ccc(OC)c(OC(F)F)c1. The number of anilines is 1. The van der Waals surface area contributed by atoms with E-state index in [1.54, 1.807) is 6.92 Å². The smallest absolute Gasteiger partial charge is 0.387 e. The highest BCUT2D eigenvalue weighted by Gasteiger charge is 2.12. The number of hydrogen-bond acceptors (Lipinski definition) is 4. The number of hydrogen-bond donors (Lipinski definition) is 1. The standard InChI is InChI=1S/C12H15F2NO4/c1-3-18-7-11(16)15-8-4-5-9(17-2)10(6-8)19-12(13)14/h4-6,12H,3,7H2,1-2H3,(H,15,16). The quantitative estimate of drug-likeness (QED) is 0.829. The molecule has 0 heterocycles. The number of nitrogens with one attached hydrogen (secondary N) is 1. The van der Waals surface area contributed by atoms with Crippen molar-refractivity contribution in [3.8, 4) is 11.5 Å². The number of amides is 1. The van der Waals surface area contributed by atoms with E-state index < -0.39 is 6.61 Å². The number of methoxy groups -OCH3 is 1. The van der Waals surface area contributed by atoms with Crippen LogP contribution >= 0.6 is 0 Å². The topological polar surface area (TPSA) is 56.8 Å². The molecule has 0 fully saturated rings. The zero-order chi connectivity index (χ0) is 14.3. The number of ether oxygens (including phenoxy) is 3. The van der Waals surface area contributed by atoms with Gasteiger partial charge in [0.2, 0.25) is 5.91 Å². The Hall–Kier alpha value is -1.89. The second-order valence-electron chi connectivity index (χ2n) is 3.43. The number of alkyl halides is 2. The summed E-state index contributed by atoms with van der Waals surface area (Å²) in [6, 6.07) is 4.20. The fourth-order valence-electron chi connectivity index (χ4n) is 1.33. The molecule has 0 aliphatic carbocycles. The Labute approximate surface area is 109 Å². The lowest BCUT2D eigenvalue weighted by molar-refractivity contribution is -0.120. The van der Waals surface area contributed by atoms with Crippen molar-refractivity contribution in [3.63, 3.8) is 0 Å². The third-order valence-corrected chi connectivity index (χ3v) is 2.10. The first-order valence-electron chi connectivity index (χ1n) is 5.57. The molecule has 0 spiro atoms. The number of carbonyl (C=O) groups excluding carboxylic acids is 1. The number of rotatable bonds is 7. The number of carbonyl (C=O) groups is 1. The Kier molecular flexibility index (Phi) is 6.01. The van der Waals surface area contributed by atoms with Crippen molar-refractivity contribution in [2.24, 2.45) is 0 Å². The van der Waals surface area contributed by atoms with Crippen molar-refractivity contribution in [1.29, 1.82) is 0 Å². The van der Waals surface area contributed by atoms with Gasteiger partial charge in [-0.2, -0.15) is 8.78 Å². The molecule has 0 aliphatic heterocycles. The molecule has 1 aromatic carbocycles. The fraction of sp³-hybridized carbons (Fsp3) is 0.417. The molecule has 1 aromatic rings. The van der Waals surface area contributed by atoms with Gasteiger partial charge in [-0.25, -0.2) is 0 Å². The minimum Gasteiger partial charge on any atom is -0.493 e. The van der Waals surface area contributed by atoms with Crippen molar-refractivity contribution in [3.05, 3.63) is 18.2 Å². The Morgan fingerprint density at radius 1 is 1.37 bits per heavy atom. The highest BCUT2D eigenvalue weighted by molar-refractivity contribution is 5.92. The second-order valence-corrected chi connectivity index (χ2v) is 3.43. The molecule has 0 bridgehead atoms. The van der Waals surface area contributed by atoms with Crippen molar-refractivity contribution < 1.29 is 27.8 Å². The highest BCUT2D eigenvalue weighted by Crippen LogP contribution is 2.31. The Morgan fingerprint density at radius 2 is 2.11 bits per heavy atom. The third kappa shape index (κ3) is 5.09. The van der Waals surface area contributed by atoms with Gasteiger partial charge in [0.25, 0.3) is 0 Å². The van der Waals surface area contributed by atoms with Crippen LogP contribution in [0.2, 0.25) is 0 Å². The molecular weight excluding hydrogens is 260 g/mol. The van der Waals surface area contributed by atoms with E-state index in [4.69, 9.17) is 9.47 Å². The summed E-state index contributed by atoms with van der Waals surface area (Å²) in [6.45, 7) is -0.901. The molecule has 7 heteroatoms. The van der Waals surface area contributed by atoms with E-state index in [1.165, 1.54) is 25.3 Å². The van der Waals surface area contributed by atoms with Crippen molar-refractivity contribution >= 4 is 11.6 Å². The van der Waals surface area contributed by atoms with Gasteiger partial charge in [0.15, 0.2) is 11.5 Å². The number of benzene rings is 1. The molecule has 0 unspecified atom stereocenters. The van der Waals surface area contributed by atoms with E-state index in [1.807, 2.05) is 0 Å². The molecule has 0 saturated carbocycles. The first-order chi connectivity index (χ1) is 9.06. The monoisotopic (exact) mass is 275 g/mol.